The summed E-state index contributed by atoms with van der Waals surface area (Å²) in [6, 6.07) is 7.19. The molecule has 8 heteroatoms. The molecule has 0 fully saturated rings. The normalized spacial score (nSPS) is 10.6. The van der Waals surface area contributed by atoms with Crippen LogP contribution < -0.4 is 4.74 Å². The maximum atomic E-state index is 12.5. The van der Waals surface area contributed by atoms with Crippen LogP contribution in [-0.4, -0.2) is 30.1 Å². The molecular weight excluding hydrogens is 358 g/mol. The van der Waals surface area contributed by atoms with Crippen LogP contribution in [0.1, 0.15) is 33.2 Å². The van der Waals surface area contributed by atoms with Crippen LogP contribution in [0.5, 0.6) is 11.5 Å². The van der Waals surface area contributed by atoms with Crippen molar-refractivity contribution >= 4 is 23.4 Å². The van der Waals surface area contributed by atoms with E-state index in [1.54, 1.807) is 6.92 Å². The third-order valence-electron chi connectivity index (χ3n) is 3.15. The van der Waals surface area contributed by atoms with Gasteiger partial charge in [0.05, 0.1) is 22.8 Å². The second-order valence-electron chi connectivity index (χ2n) is 4.80. The molecule has 2 aromatic rings. The van der Waals surface area contributed by atoms with Crippen LogP contribution in [0, 0.1) is 0 Å². The fourth-order valence-corrected chi connectivity index (χ4v) is 2.38. The fourth-order valence-electron chi connectivity index (χ4n) is 2.08. The van der Waals surface area contributed by atoms with Crippen LogP contribution in [0.2, 0.25) is 5.02 Å². The average Bonchev–Trinajstić information content (AvgIpc) is 2.54. The Hall–Kier alpha value is -2.67. The Balaban J connectivity index is 2.31. The first-order valence-electron chi connectivity index (χ1n) is 7.12. The minimum Gasteiger partial charge on any atom is -0.507 e. The highest BCUT2D eigenvalue weighted by Crippen LogP contribution is 2.31. The van der Waals surface area contributed by atoms with Gasteiger partial charge in [-0.15, -0.1) is 0 Å². The molecule has 0 unspecified atom stereocenters. The molecule has 0 saturated carbocycles. The summed E-state index contributed by atoms with van der Waals surface area (Å²) in [6.45, 7) is -1.21. The fraction of sp³-hybridized carbons (Fsp3) is 0.176. The summed E-state index contributed by atoms with van der Waals surface area (Å²) in [5, 5.41) is 9.92. The highest BCUT2D eigenvalue weighted by Gasteiger charge is 2.21. The first kappa shape index (κ1) is 18.7. The largest absolute Gasteiger partial charge is 0.507 e. The lowest BCUT2D eigenvalue weighted by Gasteiger charge is -2.10. The Morgan fingerprint density at radius 3 is 2.32 bits per heavy atom. The van der Waals surface area contributed by atoms with Crippen molar-refractivity contribution in [3.63, 3.8) is 0 Å². The third kappa shape index (κ3) is 4.45. The Kier molecular flexibility index (Phi) is 5.93. The highest BCUT2D eigenvalue weighted by atomic mass is 35.5. The number of ether oxygens (including phenoxy) is 2. The number of carbonyl (C=O) groups is 2. The molecule has 0 aliphatic rings. The van der Waals surface area contributed by atoms with Gasteiger partial charge in [-0.2, -0.15) is 8.78 Å². The van der Waals surface area contributed by atoms with Crippen molar-refractivity contribution in [1.82, 2.24) is 0 Å². The molecule has 132 valence electrons. The topological polar surface area (TPSA) is 72.8 Å². The Morgan fingerprint density at radius 2 is 1.80 bits per heavy atom. The molecule has 0 amide bonds. The number of hydrogen-bond acceptors (Lipinski definition) is 5. The smallest absolute Gasteiger partial charge is 0.387 e. The van der Waals surface area contributed by atoms with E-state index in [0.29, 0.717) is 0 Å². The molecule has 0 aromatic heterocycles. The van der Waals surface area contributed by atoms with Crippen LogP contribution in [0.3, 0.4) is 0 Å². The molecule has 5 nitrogen and oxygen atoms in total. The molecule has 0 aliphatic heterocycles. The zero-order chi connectivity index (χ0) is 18.6. The first-order valence-corrected chi connectivity index (χ1v) is 7.50. The predicted molar refractivity (Wildman–Crippen MR) is 85.6 cm³/mol. The summed E-state index contributed by atoms with van der Waals surface area (Å²) in [5.74, 6) is -1.93. The summed E-state index contributed by atoms with van der Waals surface area (Å²) >= 11 is 6.01. The van der Waals surface area contributed by atoms with E-state index >= 15 is 0 Å². The minimum absolute atomic E-state index is 0.00146. The molecule has 0 radical (unpaired) electrons. The van der Waals surface area contributed by atoms with Gasteiger partial charge in [-0.1, -0.05) is 11.6 Å². The summed E-state index contributed by atoms with van der Waals surface area (Å²) in [7, 11) is 0. The summed E-state index contributed by atoms with van der Waals surface area (Å²) < 4.78 is 33.3. The number of carbonyl (C=O) groups excluding carboxylic acids is 2. The van der Waals surface area contributed by atoms with E-state index in [1.165, 1.54) is 30.3 Å². The molecule has 0 aliphatic carbocycles. The summed E-state index contributed by atoms with van der Waals surface area (Å²) in [6.07, 6.45) is 0. The number of phenolic OH excluding ortho intramolecular Hbond substituents is 1. The van der Waals surface area contributed by atoms with Crippen LogP contribution in [0.25, 0.3) is 0 Å². The molecule has 1 N–H and O–H groups in total. The van der Waals surface area contributed by atoms with Crippen molar-refractivity contribution in [2.24, 2.45) is 0 Å². The van der Waals surface area contributed by atoms with Crippen molar-refractivity contribution < 1.29 is 33.0 Å². The standard InChI is InChI=1S/C17H13ClF2O5/c1-2-24-16(23)10-7-12(18)14(13(21)8-10)15(22)9-3-5-11(6-4-9)25-17(19)20/h3-8,17,21H,2H2,1H3. The van der Waals surface area contributed by atoms with Crippen molar-refractivity contribution in [2.45, 2.75) is 13.5 Å². The number of hydrogen-bond donors (Lipinski definition) is 1. The van der Waals surface area contributed by atoms with Gasteiger partial charge in [0.1, 0.15) is 11.5 Å². The second kappa shape index (κ2) is 7.94. The van der Waals surface area contributed by atoms with E-state index in [0.717, 1.165) is 6.07 Å². The number of aromatic hydroxyl groups is 1. The van der Waals surface area contributed by atoms with Gasteiger partial charge in [-0.25, -0.2) is 4.79 Å². The van der Waals surface area contributed by atoms with Crippen LogP contribution >= 0.6 is 11.6 Å². The molecule has 2 rings (SSSR count). The lowest BCUT2D eigenvalue weighted by atomic mass is 10.0. The van der Waals surface area contributed by atoms with Gasteiger partial charge in [-0.05, 0) is 43.3 Å². The number of ketones is 1. The maximum absolute atomic E-state index is 12.5. The van der Waals surface area contributed by atoms with Gasteiger partial charge >= 0.3 is 12.6 Å². The number of phenols is 1. The zero-order valence-corrected chi connectivity index (χ0v) is 13.7. The molecule has 0 saturated heterocycles. The minimum atomic E-state index is -2.98. The lowest BCUT2D eigenvalue weighted by Crippen LogP contribution is -2.08. The van der Waals surface area contributed by atoms with E-state index in [1.807, 2.05) is 0 Å². The molecule has 0 spiro atoms. The second-order valence-corrected chi connectivity index (χ2v) is 5.21. The maximum Gasteiger partial charge on any atom is 0.387 e. The Bertz CT molecular complexity index is 767. The number of halogens is 3. The number of esters is 1. The van der Waals surface area contributed by atoms with Crippen LogP contribution in [0.4, 0.5) is 8.78 Å². The Morgan fingerprint density at radius 1 is 1.16 bits per heavy atom. The van der Waals surface area contributed by atoms with Crippen molar-refractivity contribution in [1.29, 1.82) is 0 Å². The Labute approximate surface area is 146 Å². The average molecular weight is 371 g/mol. The van der Waals surface area contributed by atoms with Crippen molar-refractivity contribution in [2.75, 3.05) is 6.61 Å². The van der Waals surface area contributed by atoms with Gasteiger partial charge in [0.25, 0.3) is 0 Å². The molecule has 0 bridgehead atoms. The van der Waals surface area contributed by atoms with E-state index in [9.17, 15) is 23.5 Å². The van der Waals surface area contributed by atoms with Gasteiger partial charge in [0.2, 0.25) is 0 Å². The lowest BCUT2D eigenvalue weighted by molar-refractivity contribution is -0.0498. The van der Waals surface area contributed by atoms with Crippen molar-refractivity contribution in [3.8, 4) is 11.5 Å². The van der Waals surface area contributed by atoms with Gasteiger partial charge < -0.3 is 14.6 Å². The molecule has 2 aromatic carbocycles. The first-order chi connectivity index (χ1) is 11.8. The summed E-state index contributed by atoms with van der Waals surface area (Å²) in [4.78, 5) is 24.2. The molecule has 0 atom stereocenters. The molecule has 0 heterocycles. The van der Waals surface area contributed by atoms with E-state index in [4.69, 9.17) is 16.3 Å². The predicted octanol–water partition coefficient (Wildman–Crippen LogP) is 4.05. The number of alkyl halides is 2. The highest BCUT2D eigenvalue weighted by molar-refractivity contribution is 6.35. The summed E-state index contributed by atoms with van der Waals surface area (Å²) in [5.41, 5.74) is -0.110. The van der Waals surface area contributed by atoms with Gasteiger partial charge in [0, 0.05) is 5.56 Å². The number of benzene rings is 2. The number of rotatable bonds is 6. The van der Waals surface area contributed by atoms with Gasteiger partial charge in [-0.3, -0.25) is 4.79 Å². The quantitative estimate of drug-likeness (QED) is 0.613. The SMILES string of the molecule is CCOC(=O)c1cc(O)c(C(=O)c2ccc(OC(F)F)cc2)c(Cl)c1. The third-order valence-corrected chi connectivity index (χ3v) is 3.45. The molecule has 25 heavy (non-hydrogen) atoms. The van der Waals surface area contributed by atoms with Crippen LogP contribution in [-0.2, 0) is 4.74 Å². The molecular formula is C17H13ClF2O5. The van der Waals surface area contributed by atoms with E-state index in [-0.39, 0.29) is 34.1 Å². The van der Waals surface area contributed by atoms with E-state index in [2.05, 4.69) is 4.74 Å². The zero-order valence-electron chi connectivity index (χ0n) is 13.0. The monoisotopic (exact) mass is 370 g/mol. The van der Waals surface area contributed by atoms with Crippen molar-refractivity contribution in [3.05, 3.63) is 58.1 Å². The van der Waals surface area contributed by atoms with E-state index < -0.39 is 24.1 Å². The van der Waals surface area contributed by atoms with Gasteiger partial charge in [0.15, 0.2) is 5.78 Å². The van der Waals surface area contributed by atoms with Crippen LogP contribution in [0.15, 0.2) is 36.4 Å².